The quantitative estimate of drug-likeness (QED) is 0.536. The van der Waals surface area contributed by atoms with E-state index >= 15 is 0 Å². The molecule has 0 amide bonds. The highest BCUT2D eigenvalue weighted by Crippen LogP contribution is 2.12. The Labute approximate surface area is 111 Å². The molecule has 1 heterocycles. The van der Waals surface area contributed by atoms with Gasteiger partial charge in [0.1, 0.15) is 0 Å². The molecule has 1 aromatic rings. The van der Waals surface area contributed by atoms with Gasteiger partial charge in [-0.05, 0) is 39.2 Å². The number of hydrogen-bond donors (Lipinski definition) is 1. The van der Waals surface area contributed by atoms with Crippen LogP contribution in [0.1, 0.15) is 51.6 Å². The lowest BCUT2D eigenvalue weighted by atomic mass is 9.99. The lowest BCUT2D eigenvalue weighted by Crippen LogP contribution is -2.17. The van der Waals surface area contributed by atoms with Gasteiger partial charge in [-0.15, -0.1) is 6.58 Å². The average Bonchev–Trinajstić information content (AvgIpc) is 2.82. The van der Waals surface area contributed by atoms with Crippen molar-refractivity contribution in [3.05, 3.63) is 30.6 Å². The molecule has 102 valence electrons. The minimum atomic E-state index is 0.441. The van der Waals surface area contributed by atoms with Crippen molar-refractivity contribution >= 4 is 0 Å². The van der Waals surface area contributed by atoms with E-state index in [1.165, 1.54) is 18.4 Å². The molecule has 0 saturated carbocycles. The van der Waals surface area contributed by atoms with Crippen LogP contribution < -0.4 is 5.32 Å². The molecule has 3 heteroatoms. The zero-order valence-corrected chi connectivity index (χ0v) is 12.0. The Kier molecular flexibility index (Phi) is 6.73. The molecule has 3 nitrogen and oxygen atoms in total. The summed E-state index contributed by atoms with van der Waals surface area (Å²) in [5.74, 6) is 0.772. The predicted octanol–water partition coefficient (Wildman–Crippen LogP) is 3.55. The molecular formula is C15H27N3. The Morgan fingerprint density at radius 2 is 2.28 bits per heavy atom. The topological polar surface area (TPSA) is 29.9 Å². The van der Waals surface area contributed by atoms with E-state index in [0.717, 1.165) is 25.4 Å². The summed E-state index contributed by atoms with van der Waals surface area (Å²) < 4.78 is 2.00. The van der Waals surface area contributed by atoms with Gasteiger partial charge in [0, 0.05) is 24.3 Å². The Morgan fingerprint density at radius 3 is 2.83 bits per heavy atom. The summed E-state index contributed by atoms with van der Waals surface area (Å²) in [6.45, 7) is 12.3. The first-order chi connectivity index (χ1) is 8.67. The van der Waals surface area contributed by atoms with Crippen LogP contribution in [-0.2, 0) is 6.54 Å². The molecule has 0 aliphatic carbocycles. The molecule has 18 heavy (non-hydrogen) atoms. The number of rotatable bonds is 9. The van der Waals surface area contributed by atoms with Crippen LogP contribution in [0.4, 0.5) is 0 Å². The third-order valence-corrected chi connectivity index (χ3v) is 3.32. The molecule has 0 aromatic carbocycles. The smallest absolute Gasteiger partial charge is 0.0534 e. The zero-order valence-electron chi connectivity index (χ0n) is 12.0. The van der Waals surface area contributed by atoms with Crippen LogP contribution in [-0.4, -0.2) is 16.3 Å². The van der Waals surface area contributed by atoms with Crippen molar-refractivity contribution in [3.63, 3.8) is 0 Å². The summed E-state index contributed by atoms with van der Waals surface area (Å²) in [7, 11) is 0. The second-order valence-corrected chi connectivity index (χ2v) is 5.19. The van der Waals surface area contributed by atoms with Crippen LogP contribution >= 0.6 is 0 Å². The van der Waals surface area contributed by atoms with E-state index in [1.807, 2.05) is 17.0 Å². The zero-order chi connectivity index (χ0) is 13.4. The summed E-state index contributed by atoms with van der Waals surface area (Å²) in [5.41, 5.74) is 1.26. The number of allylic oxidation sites excluding steroid dienone is 1. The lowest BCUT2D eigenvalue weighted by molar-refractivity contribution is 0.455. The lowest BCUT2D eigenvalue weighted by Gasteiger charge is -2.12. The predicted molar refractivity (Wildman–Crippen MR) is 77.5 cm³/mol. The molecule has 1 unspecified atom stereocenters. The fourth-order valence-corrected chi connectivity index (χ4v) is 2.01. The molecule has 0 radical (unpaired) electrons. The maximum Gasteiger partial charge on any atom is 0.0534 e. The normalized spacial score (nSPS) is 12.9. The van der Waals surface area contributed by atoms with Crippen molar-refractivity contribution in [2.45, 2.75) is 52.6 Å². The molecule has 0 saturated heterocycles. The molecule has 0 bridgehead atoms. The van der Waals surface area contributed by atoms with E-state index in [-0.39, 0.29) is 0 Å². The molecule has 1 atom stereocenters. The average molecular weight is 249 g/mol. The maximum atomic E-state index is 4.34. The highest BCUT2D eigenvalue weighted by atomic mass is 15.3. The molecule has 1 rings (SSSR count). The van der Waals surface area contributed by atoms with E-state index in [0.29, 0.717) is 6.04 Å². The van der Waals surface area contributed by atoms with Crippen LogP contribution in [0.25, 0.3) is 0 Å². The summed E-state index contributed by atoms with van der Waals surface area (Å²) in [6, 6.07) is 0.441. The van der Waals surface area contributed by atoms with Gasteiger partial charge in [0.2, 0.25) is 0 Å². The number of nitrogens with zero attached hydrogens (tertiary/aromatic N) is 2. The van der Waals surface area contributed by atoms with E-state index in [2.05, 4.69) is 44.0 Å². The van der Waals surface area contributed by atoms with Crippen LogP contribution in [0, 0.1) is 5.92 Å². The second kappa shape index (κ2) is 8.09. The summed E-state index contributed by atoms with van der Waals surface area (Å²) in [5, 5.41) is 7.83. The largest absolute Gasteiger partial charge is 0.313 e. The third kappa shape index (κ3) is 5.05. The molecule has 0 aliphatic rings. The molecule has 0 aliphatic heterocycles. The standard InChI is InChI=1S/C15H27N3/c1-5-7-14(6-2)8-9-16-10-15-11-17-18(12-15)13(3)4/h5,11-14,16H,1,6-10H2,2-4H3. The van der Waals surface area contributed by atoms with Gasteiger partial charge >= 0.3 is 0 Å². The van der Waals surface area contributed by atoms with Gasteiger partial charge in [0.25, 0.3) is 0 Å². The maximum absolute atomic E-state index is 4.34. The molecular weight excluding hydrogens is 222 g/mol. The van der Waals surface area contributed by atoms with Crippen LogP contribution in [0.2, 0.25) is 0 Å². The van der Waals surface area contributed by atoms with Gasteiger partial charge in [-0.2, -0.15) is 5.10 Å². The van der Waals surface area contributed by atoms with E-state index in [1.54, 1.807) is 0 Å². The minimum Gasteiger partial charge on any atom is -0.313 e. The fraction of sp³-hybridized carbons (Fsp3) is 0.667. The Bertz CT molecular complexity index is 341. The Hall–Kier alpha value is -1.09. The highest BCUT2D eigenvalue weighted by Gasteiger charge is 2.04. The minimum absolute atomic E-state index is 0.441. The van der Waals surface area contributed by atoms with Crippen LogP contribution in [0.5, 0.6) is 0 Å². The summed E-state index contributed by atoms with van der Waals surface area (Å²) in [4.78, 5) is 0. The summed E-state index contributed by atoms with van der Waals surface area (Å²) >= 11 is 0. The molecule has 0 fully saturated rings. The van der Waals surface area contributed by atoms with Crippen molar-refractivity contribution in [2.24, 2.45) is 5.92 Å². The molecule has 1 N–H and O–H groups in total. The summed E-state index contributed by atoms with van der Waals surface area (Å²) in [6.07, 6.45) is 9.69. The van der Waals surface area contributed by atoms with Crippen molar-refractivity contribution in [2.75, 3.05) is 6.54 Å². The van der Waals surface area contributed by atoms with Crippen LogP contribution in [0.15, 0.2) is 25.0 Å². The van der Waals surface area contributed by atoms with E-state index < -0.39 is 0 Å². The first-order valence-electron chi connectivity index (χ1n) is 7.02. The number of aromatic nitrogens is 2. The van der Waals surface area contributed by atoms with E-state index in [4.69, 9.17) is 0 Å². The number of nitrogens with one attached hydrogen (secondary N) is 1. The van der Waals surface area contributed by atoms with Gasteiger partial charge in [-0.1, -0.05) is 19.4 Å². The van der Waals surface area contributed by atoms with Crippen molar-refractivity contribution in [1.29, 1.82) is 0 Å². The van der Waals surface area contributed by atoms with Gasteiger partial charge in [0.05, 0.1) is 6.20 Å². The Balaban J connectivity index is 2.22. The first-order valence-corrected chi connectivity index (χ1v) is 7.02. The van der Waals surface area contributed by atoms with Gasteiger partial charge in [0.15, 0.2) is 0 Å². The van der Waals surface area contributed by atoms with Gasteiger partial charge in [-0.25, -0.2) is 0 Å². The van der Waals surface area contributed by atoms with Gasteiger partial charge < -0.3 is 5.32 Å². The van der Waals surface area contributed by atoms with Gasteiger partial charge in [-0.3, -0.25) is 4.68 Å². The highest BCUT2D eigenvalue weighted by molar-refractivity contribution is 5.03. The van der Waals surface area contributed by atoms with Crippen molar-refractivity contribution in [1.82, 2.24) is 15.1 Å². The van der Waals surface area contributed by atoms with E-state index in [9.17, 15) is 0 Å². The number of hydrogen-bond acceptors (Lipinski definition) is 2. The first kappa shape index (κ1) is 15.0. The second-order valence-electron chi connectivity index (χ2n) is 5.19. The fourth-order valence-electron chi connectivity index (χ4n) is 2.01. The monoisotopic (exact) mass is 249 g/mol. The van der Waals surface area contributed by atoms with Crippen LogP contribution in [0.3, 0.4) is 0 Å². The molecule has 0 spiro atoms. The molecule has 1 aromatic heterocycles. The van der Waals surface area contributed by atoms with Crippen molar-refractivity contribution < 1.29 is 0 Å². The third-order valence-electron chi connectivity index (χ3n) is 3.32. The van der Waals surface area contributed by atoms with Crippen molar-refractivity contribution in [3.8, 4) is 0 Å². The Morgan fingerprint density at radius 1 is 1.50 bits per heavy atom. The SMILES string of the molecule is C=CCC(CC)CCNCc1cnn(C(C)C)c1.